The average Bonchev–Trinajstić information content (AvgIpc) is 2.33. The number of aromatic nitrogens is 2. The van der Waals surface area contributed by atoms with Crippen LogP contribution in [-0.2, 0) is 6.42 Å². The second-order valence-corrected chi connectivity index (χ2v) is 4.64. The zero-order chi connectivity index (χ0) is 9.90. The van der Waals surface area contributed by atoms with Gasteiger partial charge in [-0.15, -0.1) is 0 Å². The van der Waals surface area contributed by atoms with E-state index in [2.05, 4.69) is 30.9 Å². The minimum absolute atomic E-state index is 0.402. The van der Waals surface area contributed by atoms with Crippen molar-refractivity contribution in [3.63, 3.8) is 0 Å². The van der Waals surface area contributed by atoms with E-state index in [1.165, 1.54) is 6.42 Å². The van der Waals surface area contributed by atoms with Crippen molar-refractivity contribution in [3.8, 4) is 0 Å². The summed E-state index contributed by atoms with van der Waals surface area (Å²) in [6, 6.07) is 0. The number of hydrogen-bond donors (Lipinski definition) is 0. The van der Waals surface area contributed by atoms with Crippen molar-refractivity contribution in [1.29, 1.82) is 0 Å². The van der Waals surface area contributed by atoms with Gasteiger partial charge in [0.25, 0.3) is 0 Å². The molecule has 0 saturated heterocycles. The van der Waals surface area contributed by atoms with Crippen molar-refractivity contribution >= 4 is 0 Å². The molecule has 0 radical (unpaired) electrons. The largest absolute Gasteiger partial charge is 0.340 e. The predicted molar refractivity (Wildman–Crippen MR) is 51.4 cm³/mol. The third-order valence-corrected chi connectivity index (χ3v) is 1.90. The lowest BCUT2D eigenvalue weighted by atomic mass is 9.90. The topological polar surface area (TPSA) is 38.9 Å². The van der Waals surface area contributed by atoms with Gasteiger partial charge in [0, 0.05) is 13.3 Å². The van der Waals surface area contributed by atoms with Crippen molar-refractivity contribution in [2.24, 2.45) is 5.41 Å². The zero-order valence-electron chi connectivity index (χ0n) is 8.92. The van der Waals surface area contributed by atoms with Gasteiger partial charge in [-0.3, -0.25) is 0 Å². The van der Waals surface area contributed by atoms with Gasteiger partial charge in [-0.05, 0) is 18.3 Å². The van der Waals surface area contributed by atoms with Gasteiger partial charge >= 0.3 is 0 Å². The smallest absolute Gasteiger partial charge is 0.223 e. The molecule has 0 bridgehead atoms. The van der Waals surface area contributed by atoms with Crippen molar-refractivity contribution in [3.05, 3.63) is 11.7 Å². The first-order valence-corrected chi connectivity index (χ1v) is 4.76. The molecule has 1 rings (SSSR count). The molecule has 1 aromatic rings. The molecule has 0 amide bonds. The molecule has 0 N–H and O–H groups in total. The highest BCUT2D eigenvalue weighted by molar-refractivity contribution is 4.84. The molecule has 3 nitrogen and oxygen atoms in total. The summed E-state index contributed by atoms with van der Waals surface area (Å²) >= 11 is 0. The molecule has 3 heteroatoms. The summed E-state index contributed by atoms with van der Waals surface area (Å²) in [5.74, 6) is 1.49. The molecular weight excluding hydrogens is 164 g/mol. The van der Waals surface area contributed by atoms with Crippen LogP contribution in [0.5, 0.6) is 0 Å². The quantitative estimate of drug-likeness (QED) is 0.721. The SMILES string of the molecule is Cc1nc(CCCC(C)(C)C)no1. The molecule has 0 aromatic carbocycles. The average molecular weight is 182 g/mol. The molecule has 0 fully saturated rings. The monoisotopic (exact) mass is 182 g/mol. The van der Waals surface area contributed by atoms with Crippen molar-refractivity contribution in [1.82, 2.24) is 10.1 Å². The molecular formula is C10H18N2O. The molecule has 0 aliphatic carbocycles. The van der Waals surface area contributed by atoms with Gasteiger partial charge in [-0.25, -0.2) is 0 Å². The Morgan fingerprint density at radius 2 is 2.00 bits per heavy atom. The molecule has 74 valence electrons. The third kappa shape index (κ3) is 4.06. The standard InChI is InChI=1S/C10H18N2O/c1-8-11-9(12-13-8)6-5-7-10(2,3)4/h5-7H2,1-4H3. The fourth-order valence-corrected chi connectivity index (χ4v) is 1.22. The molecule has 0 aliphatic heterocycles. The Balaban J connectivity index is 2.28. The fourth-order valence-electron chi connectivity index (χ4n) is 1.22. The number of rotatable bonds is 3. The number of nitrogens with zero attached hydrogens (tertiary/aromatic N) is 2. The maximum Gasteiger partial charge on any atom is 0.223 e. The van der Waals surface area contributed by atoms with E-state index in [-0.39, 0.29) is 0 Å². The summed E-state index contributed by atoms with van der Waals surface area (Å²) in [5.41, 5.74) is 0.402. The van der Waals surface area contributed by atoms with Gasteiger partial charge in [0.15, 0.2) is 5.82 Å². The van der Waals surface area contributed by atoms with E-state index < -0.39 is 0 Å². The molecule has 1 aromatic heterocycles. The van der Waals surface area contributed by atoms with Crippen LogP contribution in [0.3, 0.4) is 0 Å². The van der Waals surface area contributed by atoms with Crippen LogP contribution >= 0.6 is 0 Å². The van der Waals surface area contributed by atoms with Gasteiger partial charge in [-0.1, -0.05) is 25.9 Å². The second-order valence-electron chi connectivity index (χ2n) is 4.64. The van der Waals surface area contributed by atoms with E-state index in [4.69, 9.17) is 4.52 Å². The van der Waals surface area contributed by atoms with Gasteiger partial charge in [0.1, 0.15) is 0 Å². The summed E-state index contributed by atoms with van der Waals surface area (Å²) in [6.45, 7) is 8.55. The Kier molecular flexibility index (Phi) is 3.07. The maximum atomic E-state index is 4.89. The first kappa shape index (κ1) is 10.2. The highest BCUT2D eigenvalue weighted by atomic mass is 16.5. The van der Waals surface area contributed by atoms with E-state index in [9.17, 15) is 0 Å². The molecule has 0 atom stereocenters. The predicted octanol–water partition coefficient (Wildman–Crippen LogP) is 2.75. The highest BCUT2D eigenvalue weighted by Crippen LogP contribution is 2.21. The summed E-state index contributed by atoms with van der Waals surface area (Å²) in [5, 5.41) is 3.85. The van der Waals surface area contributed by atoms with Crippen LogP contribution in [0.4, 0.5) is 0 Å². The minimum Gasteiger partial charge on any atom is -0.340 e. The van der Waals surface area contributed by atoms with Crippen LogP contribution < -0.4 is 0 Å². The van der Waals surface area contributed by atoms with Gasteiger partial charge in [0.2, 0.25) is 5.89 Å². The van der Waals surface area contributed by atoms with E-state index >= 15 is 0 Å². The lowest BCUT2D eigenvalue weighted by Crippen LogP contribution is -2.05. The molecule has 0 unspecified atom stereocenters. The van der Waals surface area contributed by atoms with Gasteiger partial charge in [0.05, 0.1) is 0 Å². The van der Waals surface area contributed by atoms with E-state index in [1.54, 1.807) is 0 Å². The first-order valence-electron chi connectivity index (χ1n) is 4.76. The lowest BCUT2D eigenvalue weighted by Gasteiger charge is -2.16. The van der Waals surface area contributed by atoms with E-state index in [1.807, 2.05) is 6.92 Å². The lowest BCUT2D eigenvalue weighted by molar-refractivity contribution is 0.358. The Bertz CT molecular complexity index is 260. The maximum absolute atomic E-state index is 4.89. The summed E-state index contributed by atoms with van der Waals surface area (Å²) in [6.07, 6.45) is 3.25. The van der Waals surface area contributed by atoms with Gasteiger partial charge < -0.3 is 4.52 Å². The Hall–Kier alpha value is -0.860. The third-order valence-electron chi connectivity index (χ3n) is 1.90. The van der Waals surface area contributed by atoms with Crippen LogP contribution in [0.1, 0.15) is 45.3 Å². The zero-order valence-corrected chi connectivity index (χ0v) is 8.92. The van der Waals surface area contributed by atoms with Crippen LogP contribution in [0.25, 0.3) is 0 Å². The van der Waals surface area contributed by atoms with Crippen LogP contribution in [0.15, 0.2) is 4.52 Å². The summed E-state index contributed by atoms with van der Waals surface area (Å²) in [4.78, 5) is 4.15. The Morgan fingerprint density at radius 1 is 1.31 bits per heavy atom. The Morgan fingerprint density at radius 3 is 2.46 bits per heavy atom. The summed E-state index contributed by atoms with van der Waals surface area (Å²) < 4.78 is 4.89. The van der Waals surface area contributed by atoms with Crippen molar-refractivity contribution in [2.45, 2.75) is 47.0 Å². The Labute approximate surface area is 79.5 Å². The first-order chi connectivity index (χ1) is 5.97. The second kappa shape index (κ2) is 3.90. The number of aryl methyl sites for hydroxylation is 2. The summed E-state index contributed by atoms with van der Waals surface area (Å²) in [7, 11) is 0. The fraction of sp³-hybridized carbons (Fsp3) is 0.800. The number of hydrogen-bond acceptors (Lipinski definition) is 3. The highest BCUT2D eigenvalue weighted by Gasteiger charge is 2.10. The van der Waals surface area contributed by atoms with E-state index in [0.717, 1.165) is 18.7 Å². The molecule has 13 heavy (non-hydrogen) atoms. The van der Waals surface area contributed by atoms with Crippen molar-refractivity contribution < 1.29 is 4.52 Å². The van der Waals surface area contributed by atoms with Crippen molar-refractivity contribution in [2.75, 3.05) is 0 Å². The molecule has 0 spiro atoms. The minimum atomic E-state index is 0.402. The molecule has 0 aliphatic rings. The molecule has 0 saturated carbocycles. The van der Waals surface area contributed by atoms with Crippen LogP contribution in [0.2, 0.25) is 0 Å². The van der Waals surface area contributed by atoms with E-state index in [0.29, 0.717) is 11.3 Å². The van der Waals surface area contributed by atoms with Crippen LogP contribution in [0, 0.1) is 12.3 Å². The molecule has 1 heterocycles. The normalized spacial score (nSPS) is 12.0. The van der Waals surface area contributed by atoms with Gasteiger partial charge in [-0.2, -0.15) is 4.98 Å². The van der Waals surface area contributed by atoms with Crippen LogP contribution in [-0.4, -0.2) is 10.1 Å².